The number of hydrogen-bond acceptors (Lipinski definition) is 3. The fraction of sp³-hybridized carbons (Fsp3) is 0.562. The van der Waals surface area contributed by atoms with E-state index in [1.807, 2.05) is 12.3 Å². The molecule has 1 atom stereocenters. The molecule has 4 heteroatoms. The predicted octanol–water partition coefficient (Wildman–Crippen LogP) is 3.14. The molecule has 0 aromatic carbocycles. The Hall–Kier alpha value is -1.55. The van der Waals surface area contributed by atoms with Gasteiger partial charge in [0.2, 0.25) is 0 Å². The highest BCUT2D eigenvalue weighted by atomic mass is 16.5. The standard InChI is InChI=1S/C16H25N3O/c1-11(2)7-12(3)17-6-5-13-9-18-16-15(13)8-14(20-4)10-19-16/h8-12,17H,5-7H2,1-4H3,(H,18,19). The van der Waals surface area contributed by atoms with Gasteiger partial charge in [-0.3, -0.25) is 0 Å². The first-order valence-corrected chi connectivity index (χ1v) is 7.33. The molecule has 1 unspecified atom stereocenters. The van der Waals surface area contributed by atoms with Gasteiger partial charge in [-0.25, -0.2) is 4.98 Å². The summed E-state index contributed by atoms with van der Waals surface area (Å²) >= 11 is 0. The largest absolute Gasteiger partial charge is 0.495 e. The minimum absolute atomic E-state index is 0.563. The van der Waals surface area contributed by atoms with Gasteiger partial charge in [0.25, 0.3) is 0 Å². The van der Waals surface area contributed by atoms with Gasteiger partial charge in [-0.1, -0.05) is 13.8 Å². The van der Waals surface area contributed by atoms with E-state index >= 15 is 0 Å². The zero-order valence-corrected chi connectivity index (χ0v) is 12.9. The van der Waals surface area contributed by atoms with Crippen LogP contribution in [0.4, 0.5) is 0 Å². The maximum Gasteiger partial charge on any atom is 0.137 e. The fourth-order valence-electron chi connectivity index (χ4n) is 2.60. The second kappa shape index (κ2) is 6.75. The van der Waals surface area contributed by atoms with Crippen LogP contribution in [0.1, 0.15) is 32.8 Å². The SMILES string of the molecule is COc1cnc2[nH]cc(CCNC(C)CC(C)C)c2c1. The molecule has 2 aromatic rings. The molecule has 0 aliphatic heterocycles. The molecule has 0 aliphatic rings. The Morgan fingerprint density at radius 3 is 2.85 bits per heavy atom. The van der Waals surface area contributed by atoms with E-state index in [2.05, 4.69) is 36.1 Å². The third-order valence-electron chi connectivity index (χ3n) is 3.54. The number of nitrogens with one attached hydrogen (secondary N) is 2. The van der Waals surface area contributed by atoms with Gasteiger partial charge in [-0.2, -0.15) is 0 Å². The summed E-state index contributed by atoms with van der Waals surface area (Å²) in [5, 5.41) is 4.74. The highest BCUT2D eigenvalue weighted by Crippen LogP contribution is 2.21. The molecule has 2 N–H and O–H groups in total. The van der Waals surface area contributed by atoms with Crippen LogP contribution in [-0.2, 0) is 6.42 Å². The van der Waals surface area contributed by atoms with Crippen LogP contribution in [0, 0.1) is 5.92 Å². The maximum absolute atomic E-state index is 5.24. The van der Waals surface area contributed by atoms with Crippen LogP contribution in [0.25, 0.3) is 11.0 Å². The second-order valence-corrected chi connectivity index (χ2v) is 5.82. The monoisotopic (exact) mass is 275 g/mol. The van der Waals surface area contributed by atoms with Crippen molar-refractivity contribution in [1.29, 1.82) is 0 Å². The van der Waals surface area contributed by atoms with Crippen molar-refractivity contribution in [2.45, 2.75) is 39.7 Å². The van der Waals surface area contributed by atoms with E-state index in [1.165, 1.54) is 12.0 Å². The lowest BCUT2D eigenvalue weighted by Crippen LogP contribution is -2.29. The third-order valence-corrected chi connectivity index (χ3v) is 3.54. The maximum atomic E-state index is 5.24. The summed E-state index contributed by atoms with van der Waals surface area (Å²) in [4.78, 5) is 7.57. The lowest BCUT2D eigenvalue weighted by molar-refractivity contribution is 0.413. The van der Waals surface area contributed by atoms with Crippen LogP contribution < -0.4 is 10.1 Å². The molecule has 110 valence electrons. The topological polar surface area (TPSA) is 49.9 Å². The van der Waals surface area contributed by atoms with Crippen LogP contribution in [-0.4, -0.2) is 29.7 Å². The molecule has 2 heterocycles. The van der Waals surface area contributed by atoms with Crippen LogP contribution >= 0.6 is 0 Å². The van der Waals surface area contributed by atoms with Gasteiger partial charge in [0.1, 0.15) is 11.4 Å². The van der Waals surface area contributed by atoms with Gasteiger partial charge in [-0.05, 0) is 43.9 Å². The Morgan fingerprint density at radius 1 is 1.35 bits per heavy atom. The van der Waals surface area contributed by atoms with Crippen molar-refractivity contribution < 1.29 is 4.74 Å². The molecule has 0 fully saturated rings. The van der Waals surface area contributed by atoms with Gasteiger partial charge < -0.3 is 15.0 Å². The minimum Gasteiger partial charge on any atom is -0.495 e. The molecular weight excluding hydrogens is 250 g/mol. The number of aromatic nitrogens is 2. The van der Waals surface area contributed by atoms with E-state index < -0.39 is 0 Å². The van der Waals surface area contributed by atoms with Crippen LogP contribution in [0.3, 0.4) is 0 Å². The number of nitrogens with zero attached hydrogens (tertiary/aromatic N) is 1. The Morgan fingerprint density at radius 2 is 2.15 bits per heavy atom. The lowest BCUT2D eigenvalue weighted by atomic mass is 10.0. The Balaban J connectivity index is 1.96. The number of fused-ring (bicyclic) bond motifs is 1. The first-order chi connectivity index (χ1) is 9.60. The molecule has 0 bridgehead atoms. The van der Waals surface area contributed by atoms with E-state index in [0.717, 1.165) is 35.7 Å². The van der Waals surface area contributed by atoms with Crippen LogP contribution in [0.15, 0.2) is 18.5 Å². The zero-order chi connectivity index (χ0) is 14.5. The number of hydrogen-bond donors (Lipinski definition) is 2. The molecule has 2 rings (SSSR count). The molecule has 0 amide bonds. The molecular formula is C16H25N3O. The summed E-state index contributed by atoms with van der Waals surface area (Å²) in [6.07, 6.45) is 6.00. The van der Waals surface area contributed by atoms with Gasteiger partial charge in [0.15, 0.2) is 0 Å². The lowest BCUT2D eigenvalue weighted by Gasteiger charge is -2.15. The number of pyridine rings is 1. The molecule has 0 saturated heterocycles. The first-order valence-electron chi connectivity index (χ1n) is 7.33. The quantitative estimate of drug-likeness (QED) is 0.816. The molecule has 4 nitrogen and oxygen atoms in total. The Bertz CT molecular complexity index is 548. The highest BCUT2D eigenvalue weighted by molar-refractivity contribution is 5.80. The Labute approximate surface area is 120 Å². The summed E-state index contributed by atoms with van der Waals surface area (Å²) in [5.74, 6) is 1.54. The van der Waals surface area contributed by atoms with Crippen LogP contribution in [0.2, 0.25) is 0 Å². The van der Waals surface area contributed by atoms with Gasteiger partial charge in [0.05, 0.1) is 13.3 Å². The average Bonchev–Trinajstić information content (AvgIpc) is 2.80. The molecule has 0 radical (unpaired) electrons. The summed E-state index contributed by atoms with van der Waals surface area (Å²) in [7, 11) is 1.67. The Kier molecular flexibility index (Phi) is 5.01. The number of methoxy groups -OCH3 is 1. The summed E-state index contributed by atoms with van der Waals surface area (Å²) in [5.41, 5.74) is 2.21. The summed E-state index contributed by atoms with van der Waals surface area (Å²) < 4.78 is 5.24. The van der Waals surface area contributed by atoms with Gasteiger partial charge >= 0.3 is 0 Å². The summed E-state index contributed by atoms with van der Waals surface area (Å²) in [6, 6.07) is 2.61. The second-order valence-electron chi connectivity index (χ2n) is 5.82. The van der Waals surface area contributed by atoms with Crippen LogP contribution in [0.5, 0.6) is 5.75 Å². The van der Waals surface area contributed by atoms with Gasteiger partial charge in [-0.15, -0.1) is 0 Å². The molecule has 0 saturated carbocycles. The average molecular weight is 275 g/mol. The van der Waals surface area contributed by atoms with E-state index in [4.69, 9.17) is 4.74 Å². The van der Waals surface area contributed by atoms with Crippen molar-refractivity contribution in [3.05, 3.63) is 24.0 Å². The van der Waals surface area contributed by atoms with E-state index in [0.29, 0.717) is 6.04 Å². The number of aromatic amines is 1. The van der Waals surface area contributed by atoms with Crippen molar-refractivity contribution >= 4 is 11.0 Å². The van der Waals surface area contributed by atoms with Crippen molar-refractivity contribution in [3.63, 3.8) is 0 Å². The van der Waals surface area contributed by atoms with Crippen molar-refractivity contribution in [3.8, 4) is 5.75 Å². The van der Waals surface area contributed by atoms with Crippen molar-refractivity contribution in [2.24, 2.45) is 5.92 Å². The first kappa shape index (κ1) is 14.9. The molecule has 2 aromatic heterocycles. The predicted molar refractivity (Wildman–Crippen MR) is 83.3 cm³/mol. The minimum atomic E-state index is 0.563. The number of H-pyrrole nitrogens is 1. The van der Waals surface area contributed by atoms with Crippen molar-refractivity contribution in [2.75, 3.05) is 13.7 Å². The summed E-state index contributed by atoms with van der Waals surface area (Å²) in [6.45, 7) is 7.75. The smallest absolute Gasteiger partial charge is 0.137 e. The fourth-order valence-corrected chi connectivity index (χ4v) is 2.60. The van der Waals surface area contributed by atoms with E-state index in [1.54, 1.807) is 13.3 Å². The number of ether oxygens (including phenoxy) is 1. The van der Waals surface area contributed by atoms with Gasteiger partial charge in [0, 0.05) is 17.6 Å². The number of rotatable bonds is 7. The third kappa shape index (κ3) is 3.73. The van der Waals surface area contributed by atoms with Crippen molar-refractivity contribution in [1.82, 2.24) is 15.3 Å². The molecule has 0 spiro atoms. The zero-order valence-electron chi connectivity index (χ0n) is 12.9. The normalized spacial score (nSPS) is 13.1. The molecule has 0 aliphatic carbocycles. The molecule has 20 heavy (non-hydrogen) atoms. The highest BCUT2D eigenvalue weighted by Gasteiger charge is 2.08. The van der Waals surface area contributed by atoms with E-state index in [9.17, 15) is 0 Å². The van der Waals surface area contributed by atoms with E-state index in [-0.39, 0.29) is 0 Å².